The van der Waals surface area contributed by atoms with Gasteiger partial charge in [-0.1, -0.05) is 0 Å². The van der Waals surface area contributed by atoms with Crippen molar-refractivity contribution < 1.29 is 4.74 Å². The van der Waals surface area contributed by atoms with Crippen LogP contribution in [0.25, 0.3) is 0 Å². The summed E-state index contributed by atoms with van der Waals surface area (Å²) < 4.78 is 6.51. The summed E-state index contributed by atoms with van der Waals surface area (Å²) >= 11 is 0. The maximum absolute atomic E-state index is 6.51. The molecule has 0 saturated heterocycles. The fraction of sp³-hybridized carbons (Fsp3) is 0.261. The molecule has 0 saturated carbocycles. The van der Waals surface area contributed by atoms with Crippen LogP contribution >= 0.6 is 0 Å². The van der Waals surface area contributed by atoms with Crippen molar-refractivity contribution in [3.8, 4) is 0 Å². The van der Waals surface area contributed by atoms with Crippen molar-refractivity contribution in [2.75, 3.05) is 5.32 Å². The molecular formula is C23H22N6O. The number of hydrogen-bond acceptors (Lipinski definition) is 7. The summed E-state index contributed by atoms with van der Waals surface area (Å²) in [5.41, 5.74) is 4.76. The second-order valence-electron chi connectivity index (χ2n) is 7.38. The summed E-state index contributed by atoms with van der Waals surface area (Å²) in [5.74, 6) is 2.93. The topological polar surface area (TPSA) is 85.2 Å². The first-order chi connectivity index (χ1) is 14.9. The van der Waals surface area contributed by atoms with Gasteiger partial charge in [0.25, 0.3) is 0 Å². The van der Waals surface area contributed by atoms with Crippen LogP contribution in [0, 0.1) is 0 Å². The summed E-state index contributed by atoms with van der Waals surface area (Å²) in [6.45, 7) is 0. The summed E-state index contributed by atoms with van der Waals surface area (Å²) in [4.78, 5) is 21.2. The number of nitrogens with one attached hydrogen (secondary N) is 1. The van der Waals surface area contributed by atoms with Gasteiger partial charge in [-0.3, -0.25) is 0 Å². The maximum Gasteiger partial charge on any atom is 0.249 e. The Labute approximate surface area is 175 Å². The van der Waals surface area contributed by atoms with Gasteiger partial charge in [-0.2, -0.15) is 0 Å². The average Bonchev–Trinajstić information content (AvgIpc) is 2.81. The van der Waals surface area contributed by atoms with Crippen LogP contribution in [0.1, 0.15) is 38.5 Å². The molecule has 5 rings (SSSR count). The molecule has 30 heavy (non-hydrogen) atoms. The first kappa shape index (κ1) is 18.4. The molecule has 150 valence electrons. The van der Waals surface area contributed by atoms with Crippen LogP contribution in [0.5, 0.6) is 0 Å². The van der Waals surface area contributed by atoms with E-state index in [1.54, 1.807) is 36.9 Å². The van der Waals surface area contributed by atoms with E-state index in [2.05, 4.69) is 36.3 Å². The van der Waals surface area contributed by atoms with Crippen molar-refractivity contribution in [1.29, 1.82) is 0 Å². The van der Waals surface area contributed by atoms with Crippen molar-refractivity contribution in [3.63, 3.8) is 0 Å². The fourth-order valence-corrected chi connectivity index (χ4v) is 3.93. The molecule has 2 aromatic rings. The van der Waals surface area contributed by atoms with Gasteiger partial charge in [0.2, 0.25) is 11.9 Å². The Morgan fingerprint density at radius 3 is 2.47 bits per heavy atom. The van der Waals surface area contributed by atoms with Crippen LogP contribution in [0.2, 0.25) is 0 Å². The Morgan fingerprint density at radius 1 is 0.867 bits per heavy atom. The normalized spacial score (nSPS) is 20.0. The smallest absolute Gasteiger partial charge is 0.249 e. The average molecular weight is 398 g/mol. The van der Waals surface area contributed by atoms with Crippen LogP contribution in [0.15, 0.2) is 88.0 Å². The van der Waals surface area contributed by atoms with Gasteiger partial charge < -0.3 is 10.1 Å². The highest BCUT2D eigenvalue weighted by Gasteiger charge is 2.28. The Morgan fingerprint density at radius 2 is 1.63 bits per heavy atom. The van der Waals surface area contributed by atoms with Gasteiger partial charge >= 0.3 is 0 Å². The molecular weight excluding hydrogens is 376 g/mol. The third-order valence-electron chi connectivity index (χ3n) is 5.33. The van der Waals surface area contributed by atoms with E-state index in [-0.39, 0.29) is 0 Å². The second-order valence-corrected chi connectivity index (χ2v) is 7.38. The number of hydrogen-bond donors (Lipinski definition) is 1. The predicted octanol–water partition coefficient (Wildman–Crippen LogP) is 4.80. The van der Waals surface area contributed by atoms with Gasteiger partial charge in [0.1, 0.15) is 11.5 Å². The molecule has 0 spiro atoms. The molecule has 3 aliphatic rings. The first-order valence-electron chi connectivity index (χ1n) is 10.3. The molecule has 1 N–H and O–H groups in total. The third kappa shape index (κ3) is 3.91. The zero-order valence-electron chi connectivity index (χ0n) is 16.6. The van der Waals surface area contributed by atoms with Gasteiger partial charge in [0, 0.05) is 48.3 Å². The van der Waals surface area contributed by atoms with Crippen molar-refractivity contribution >= 4 is 18.1 Å². The molecule has 0 radical (unpaired) electrons. The largest absolute Gasteiger partial charge is 0.456 e. The molecule has 3 heterocycles. The molecule has 0 fully saturated rings. The summed E-state index contributed by atoms with van der Waals surface area (Å²) in [7, 11) is 0. The van der Waals surface area contributed by atoms with Crippen LogP contribution in [-0.2, 0) is 4.74 Å². The molecule has 0 amide bonds. The fourth-order valence-electron chi connectivity index (χ4n) is 3.93. The zero-order chi connectivity index (χ0) is 20.2. The number of nitrogens with zero attached hydrogens (tertiary/aromatic N) is 5. The number of allylic oxidation sites excluding steroid dienone is 5. The van der Waals surface area contributed by atoms with E-state index in [1.165, 1.54) is 11.1 Å². The maximum atomic E-state index is 6.51. The highest BCUT2D eigenvalue weighted by Crippen LogP contribution is 2.42. The molecule has 0 aromatic carbocycles. The summed E-state index contributed by atoms with van der Waals surface area (Å²) in [6, 6.07) is 3.58. The van der Waals surface area contributed by atoms with Gasteiger partial charge in [0.05, 0.1) is 0 Å². The Bertz CT molecular complexity index is 1080. The lowest BCUT2D eigenvalue weighted by molar-refractivity contribution is 0.293. The van der Waals surface area contributed by atoms with E-state index in [0.29, 0.717) is 11.9 Å². The van der Waals surface area contributed by atoms with Crippen molar-refractivity contribution in [2.45, 2.75) is 38.5 Å². The minimum Gasteiger partial charge on any atom is -0.456 e. The molecule has 0 atom stereocenters. The molecule has 2 aliphatic carbocycles. The number of aliphatic imine (C=N–C) groups is 1. The summed E-state index contributed by atoms with van der Waals surface area (Å²) in [5, 5.41) is 3.20. The van der Waals surface area contributed by atoms with E-state index in [9.17, 15) is 0 Å². The zero-order valence-corrected chi connectivity index (χ0v) is 16.6. The molecule has 0 bridgehead atoms. The first-order valence-corrected chi connectivity index (χ1v) is 10.3. The van der Waals surface area contributed by atoms with E-state index in [4.69, 9.17) is 4.74 Å². The van der Waals surface area contributed by atoms with Crippen LogP contribution in [0.3, 0.4) is 0 Å². The SMILES string of the molecule is C1=C2CCCC(/C=N\c3ncccn3)=C2OC2=C1CCC/C2=C\Nc1ncccn1. The number of fused-ring (bicyclic) bond motifs is 1. The van der Waals surface area contributed by atoms with Gasteiger partial charge in [-0.15, -0.1) is 0 Å². The van der Waals surface area contributed by atoms with Crippen molar-refractivity contribution in [1.82, 2.24) is 19.9 Å². The quantitative estimate of drug-likeness (QED) is 0.745. The number of aromatic nitrogens is 4. The van der Waals surface area contributed by atoms with E-state index in [0.717, 1.165) is 61.2 Å². The Balaban J connectivity index is 1.44. The lowest BCUT2D eigenvalue weighted by Gasteiger charge is -2.31. The predicted molar refractivity (Wildman–Crippen MR) is 115 cm³/mol. The lowest BCUT2D eigenvalue weighted by atomic mass is 9.86. The van der Waals surface area contributed by atoms with Gasteiger partial charge in [-0.05, 0) is 67.9 Å². The minimum atomic E-state index is 0.461. The Kier molecular flexibility index (Phi) is 5.16. The highest BCUT2D eigenvalue weighted by molar-refractivity contribution is 5.83. The van der Waals surface area contributed by atoms with E-state index in [1.807, 2.05) is 12.4 Å². The monoisotopic (exact) mass is 398 g/mol. The van der Waals surface area contributed by atoms with E-state index < -0.39 is 0 Å². The molecule has 7 nitrogen and oxygen atoms in total. The highest BCUT2D eigenvalue weighted by atomic mass is 16.5. The number of rotatable bonds is 4. The van der Waals surface area contributed by atoms with Crippen LogP contribution in [0.4, 0.5) is 11.9 Å². The second kappa shape index (κ2) is 8.41. The third-order valence-corrected chi connectivity index (χ3v) is 5.33. The molecule has 1 aliphatic heterocycles. The lowest BCUT2D eigenvalue weighted by Crippen LogP contribution is -2.17. The van der Waals surface area contributed by atoms with Crippen LogP contribution in [-0.4, -0.2) is 26.2 Å². The van der Waals surface area contributed by atoms with Crippen molar-refractivity contribution in [2.24, 2.45) is 4.99 Å². The number of ether oxygens (including phenoxy) is 1. The number of anilines is 1. The summed E-state index contributed by atoms with van der Waals surface area (Å²) in [6.07, 6.45) is 19.1. The molecule has 0 unspecified atom stereocenters. The van der Waals surface area contributed by atoms with Gasteiger partial charge in [0.15, 0.2) is 0 Å². The molecule has 2 aromatic heterocycles. The van der Waals surface area contributed by atoms with Crippen molar-refractivity contribution in [3.05, 3.63) is 83.0 Å². The van der Waals surface area contributed by atoms with Crippen LogP contribution < -0.4 is 5.32 Å². The van der Waals surface area contributed by atoms with E-state index >= 15 is 0 Å². The molecule has 7 heteroatoms. The standard InChI is InChI=1S/C23H22N6O/c1-5-16-13-17-6-2-8-19(15-29-23-26-11-4-12-27-23)21(17)30-20(16)18(7-1)14-28-22-24-9-3-10-25-22/h3-4,9-15H,1-2,5-8H2,(H,24,25,28)/b18-14+,29-15-. The minimum absolute atomic E-state index is 0.461. The van der Waals surface area contributed by atoms with Gasteiger partial charge in [-0.25, -0.2) is 24.9 Å². The Hall–Kier alpha value is -3.61.